The summed E-state index contributed by atoms with van der Waals surface area (Å²) in [5.74, 6) is -7.25. The second-order valence-corrected chi connectivity index (χ2v) is 3.67. The molecule has 100 valence electrons. The van der Waals surface area contributed by atoms with Crippen LogP contribution in [0.1, 0.15) is 15.9 Å². The Morgan fingerprint density at radius 3 is 2.74 bits per heavy atom. The van der Waals surface area contributed by atoms with Crippen LogP contribution in [0.25, 0.3) is 0 Å². The van der Waals surface area contributed by atoms with Crippen molar-refractivity contribution in [3.05, 3.63) is 47.0 Å². The number of phenols is 1. The fourth-order valence-electron chi connectivity index (χ4n) is 1.41. The Balaban J connectivity index is 2.20. The van der Waals surface area contributed by atoms with Gasteiger partial charge in [0.25, 0.3) is 5.91 Å². The van der Waals surface area contributed by atoms with E-state index in [4.69, 9.17) is 5.11 Å². The molecule has 0 aliphatic heterocycles. The summed E-state index contributed by atoms with van der Waals surface area (Å²) in [5, 5.41) is 17.4. The third-order valence-corrected chi connectivity index (χ3v) is 2.39. The molecular formula is C11H8F3N3O2. The van der Waals surface area contributed by atoms with Gasteiger partial charge in [0.1, 0.15) is 0 Å². The molecule has 0 saturated heterocycles. The molecule has 1 aromatic carbocycles. The average Bonchev–Trinajstić information content (AvgIpc) is 2.91. The minimum absolute atomic E-state index is 0.0224. The Bertz CT molecular complexity index is 614. The largest absolute Gasteiger partial charge is 0.503 e. The summed E-state index contributed by atoms with van der Waals surface area (Å²) >= 11 is 0. The number of aromatic amines is 1. The van der Waals surface area contributed by atoms with E-state index in [2.05, 4.69) is 15.5 Å². The second kappa shape index (κ2) is 5.01. The maximum Gasteiger partial charge on any atom is 0.254 e. The minimum atomic E-state index is -1.73. The first kappa shape index (κ1) is 12.9. The summed E-state index contributed by atoms with van der Waals surface area (Å²) in [7, 11) is 0. The molecule has 0 spiro atoms. The maximum atomic E-state index is 13.4. The highest BCUT2D eigenvalue weighted by molar-refractivity contribution is 5.94. The molecular weight excluding hydrogens is 263 g/mol. The van der Waals surface area contributed by atoms with Gasteiger partial charge in [-0.1, -0.05) is 0 Å². The molecule has 0 saturated carbocycles. The molecule has 2 rings (SSSR count). The van der Waals surface area contributed by atoms with Crippen LogP contribution in [-0.2, 0) is 6.54 Å². The van der Waals surface area contributed by atoms with Crippen LogP contribution < -0.4 is 5.32 Å². The zero-order chi connectivity index (χ0) is 14.0. The van der Waals surface area contributed by atoms with Crippen LogP contribution in [-0.4, -0.2) is 21.2 Å². The quantitative estimate of drug-likeness (QED) is 0.739. The number of carbonyl (C=O) groups excluding carboxylic acids is 1. The third kappa shape index (κ3) is 2.51. The monoisotopic (exact) mass is 271 g/mol. The van der Waals surface area contributed by atoms with Crippen molar-refractivity contribution < 1.29 is 23.1 Å². The number of nitrogens with one attached hydrogen (secondary N) is 2. The van der Waals surface area contributed by atoms with E-state index in [0.717, 1.165) is 0 Å². The number of amides is 1. The molecule has 1 aromatic heterocycles. The molecule has 3 N–H and O–H groups in total. The lowest BCUT2D eigenvalue weighted by atomic mass is 10.1. The molecule has 0 aliphatic carbocycles. The van der Waals surface area contributed by atoms with Crippen molar-refractivity contribution >= 4 is 5.91 Å². The molecule has 0 bridgehead atoms. The van der Waals surface area contributed by atoms with Crippen LogP contribution in [0.3, 0.4) is 0 Å². The van der Waals surface area contributed by atoms with Crippen molar-refractivity contribution in [2.75, 3.05) is 0 Å². The van der Waals surface area contributed by atoms with Crippen LogP contribution in [0, 0.1) is 17.5 Å². The Kier molecular flexibility index (Phi) is 3.41. The lowest BCUT2D eigenvalue weighted by molar-refractivity contribution is 0.0945. The zero-order valence-corrected chi connectivity index (χ0v) is 9.38. The van der Waals surface area contributed by atoms with Crippen molar-refractivity contribution in [3.8, 4) is 5.75 Å². The van der Waals surface area contributed by atoms with E-state index >= 15 is 0 Å². The predicted octanol–water partition coefficient (Wildman–Crippen LogP) is 1.46. The normalized spacial score (nSPS) is 10.5. The number of aromatic hydroxyl groups is 1. The molecule has 19 heavy (non-hydrogen) atoms. The van der Waals surface area contributed by atoms with Crippen molar-refractivity contribution in [1.29, 1.82) is 0 Å². The van der Waals surface area contributed by atoms with Crippen LogP contribution in [0.2, 0.25) is 0 Å². The molecule has 0 atom stereocenters. The average molecular weight is 271 g/mol. The fraction of sp³-hybridized carbons (Fsp3) is 0.0909. The number of hydrogen-bond acceptors (Lipinski definition) is 3. The van der Waals surface area contributed by atoms with Crippen LogP contribution in [0.15, 0.2) is 18.5 Å². The summed E-state index contributed by atoms with van der Waals surface area (Å²) in [6.07, 6.45) is 2.93. The summed E-state index contributed by atoms with van der Waals surface area (Å²) < 4.78 is 39.3. The summed E-state index contributed by atoms with van der Waals surface area (Å²) in [5.41, 5.74) is -0.166. The Morgan fingerprint density at radius 1 is 1.37 bits per heavy atom. The Labute approximate surface area is 105 Å². The zero-order valence-electron chi connectivity index (χ0n) is 9.38. The summed E-state index contributed by atoms with van der Waals surface area (Å²) in [6.45, 7) is 0.0224. The lowest BCUT2D eigenvalue weighted by Crippen LogP contribution is -2.24. The molecule has 1 amide bonds. The van der Waals surface area contributed by atoms with E-state index in [0.29, 0.717) is 11.6 Å². The number of aromatic nitrogens is 2. The number of nitrogens with zero attached hydrogens (tertiary/aromatic N) is 1. The third-order valence-electron chi connectivity index (χ3n) is 2.39. The topological polar surface area (TPSA) is 78.0 Å². The molecule has 5 nitrogen and oxygen atoms in total. The number of H-pyrrole nitrogens is 1. The first-order valence-corrected chi connectivity index (χ1v) is 5.13. The van der Waals surface area contributed by atoms with E-state index < -0.39 is 34.7 Å². The number of hydrogen-bond donors (Lipinski definition) is 3. The smallest absolute Gasteiger partial charge is 0.254 e. The minimum Gasteiger partial charge on any atom is -0.503 e. The van der Waals surface area contributed by atoms with Crippen molar-refractivity contribution in [2.24, 2.45) is 0 Å². The van der Waals surface area contributed by atoms with Gasteiger partial charge in [-0.05, 0) is 6.07 Å². The van der Waals surface area contributed by atoms with E-state index in [1.165, 1.54) is 12.4 Å². The highest BCUT2D eigenvalue weighted by Crippen LogP contribution is 2.25. The van der Waals surface area contributed by atoms with Gasteiger partial charge in [0, 0.05) is 18.3 Å². The summed E-state index contributed by atoms with van der Waals surface area (Å²) in [6, 6.07) is 0.384. The van der Waals surface area contributed by atoms with E-state index in [9.17, 15) is 18.0 Å². The van der Waals surface area contributed by atoms with Gasteiger partial charge in [0.05, 0.1) is 11.8 Å². The second-order valence-electron chi connectivity index (χ2n) is 3.67. The van der Waals surface area contributed by atoms with Crippen molar-refractivity contribution in [2.45, 2.75) is 6.54 Å². The van der Waals surface area contributed by atoms with Crippen LogP contribution in [0.5, 0.6) is 5.75 Å². The fourth-order valence-corrected chi connectivity index (χ4v) is 1.41. The van der Waals surface area contributed by atoms with Crippen LogP contribution >= 0.6 is 0 Å². The summed E-state index contributed by atoms with van der Waals surface area (Å²) in [4.78, 5) is 11.6. The van der Waals surface area contributed by atoms with Gasteiger partial charge in [0.2, 0.25) is 5.82 Å². The number of carbonyl (C=O) groups is 1. The van der Waals surface area contributed by atoms with E-state index in [1.807, 2.05) is 0 Å². The number of benzene rings is 1. The standard InChI is InChI=1S/C11H8F3N3O2/c12-7-1-6(8(13)10(18)9(7)14)11(19)15-2-5-3-16-17-4-5/h1,3-4,18H,2H2,(H,15,19)(H,16,17). The highest BCUT2D eigenvalue weighted by Gasteiger charge is 2.22. The maximum absolute atomic E-state index is 13.4. The van der Waals surface area contributed by atoms with Gasteiger partial charge in [0.15, 0.2) is 17.4 Å². The number of phenolic OH excluding ortho intramolecular Hbond substituents is 1. The molecule has 1 heterocycles. The lowest BCUT2D eigenvalue weighted by Gasteiger charge is -2.07. The van der Waals surface area contributed by atoms with Gasteiger partial charge in [-0.15, -0.1) is 0 Å². The number of rotatable bonds is 3. The molecule has 0 unspecified atom stereocenters. The Hall–Kier alpha value is -2.51. The van der Waals surface area contributed by atoms with Gasteiger partial charge in [-0.25, -0.2) is 8.78 Å². The first-order valence-electron chi connectivity index (χ1n) is 5.13. The molecule has 0 radical (unpaired) electrons. The number of halogens is 3. The SMILES string of the molecule is O=C(NCc1cn[nH]c1)c1cc(F)c(F)c(O)c1F. The highest BCUT2D eigenvalue weighted by atomic mass is 19.2. The van der Waals surface area contributed by atoms with Crippen molar-refractivity contribution in [1.82, 2.24) is 15.5 Å². The molecule has 0 aliphatic rings. The van der Waals surface area contributed by atoms with Gasteiger partial charge >= 0.3 is 0 Å². The molecule has 0 fully saturated rings. The van der Waals surface area contributed by atoms with Gasteiger partial charge in [-0.2, -0.15) is 9.49 Å². The van der Waals surface area contributed by atoms with Crippen LogP contribution in [0.4, 0.5) is 13.2 Å². The van der Waals surface area contributed by atoms with E-state index in [1.54, 1.807) is 0 Å². The van der Waals surface area contributed by atoms with Gasteiger partial charge in [-0.3, -0.25) is 9.89 Å². The molecule has 8 heteroatoms. The van der Waals surface area contributed by atoms with Crippen molar-refractivity contribution in [3.63, 3.8) is 0 Å². The van der Waals surface area contributed by atoms with E-state index in [-0.39, 0.29) is 6.54 Å². The molecule has 2 aromatic rings. The predicted molar refractivity (Wildman–Crippen MR) is 57.7 cm³/mol. The van der Waals surface area contributed by atoms with Gasteiger partial charge < -0.3 is 10.4 Å². The first-order chi connectivity index (χ1) is 9.00. The Morgan fingerprint density at radius 2 is 2.11 bits per heavy atom.